The second kappa shape index (κ2) is 7.58. The summed E-state index contributed by atoms with van der Waals surface area (Å²) in [7, 11) is 0. The molecule has 11 heteroatoms. The van der Waals surface area contributed by atoms with E-state index in [1.165, 1.54) is 52.4 Å². The van der Waals surface area contributed by atoms with Gasteiger partial charge in [-0.05, 0) is 17.7 Å². The fraction of sp³-hybridized carbons (Fsp3) is 0.158. The van der Waals surface area contributed by atoms with Crippen molar-refractivity contribution in [2.24, 2.45) is 5.73 Å². The van der Waals surface area contributed by atoms with Gasteiger partial charge in [-0.25, -0.2) is 9.67 Å². The van der Waals surface area contributed by atoms with Gasteiger partial charge in [0.25, 0.3) is 5.91 Å². The van der Waals surface area contributed by atoms with Gasteiger partial charge in [0.2, 0.25) is 0 Å². The second-order valence-electron chi connectivity index (χ2n) is 6.55. The first-order valence-electron chi connectivity index (χ1n) is 8.73. The summed E-state index contributed by atoms with van der Waals surface area (Å²) in [6.45, 7) is -0.0990. The van der Waals surface area contributed by atoms with E-state index in [0.29, 0.717) is 22.3 Å². The molecule has 7 nitrogen and oxygen atoms in total. The lowest BCUT2D eigenvalue weighted by Crippen LogP contribution is -2.17. The van der Waals surface area contributed by atoms with Gasteiger partial charge >= 0.3 is 6.18 Å². The van der Waals surface area contributed by atoms with E-state index in [2.05, 4.69) is 27.7 Å². The number of thiol groups is 1. The second-order valence-corrected chi connectivity index (χ2v) is 7.10. The summed E-state index contributed by atoms with van der Waals surface area (Å²) in [6.07, 6.45) is 1.28. The minimum absolute atomic E-state index is 0.0247. The molecule has 0 amide bonds. The average molecular weight is 432 g/mol. The van der Waals surface area contributed by atoms with Crippen LogP contribution in [0.3, 0.4) is 0 Å². The van der Waals surface area contributed by atoms with Crippen LogP contribution in [0.4, 0.5) is 13.2 Å². The fourth-order valence-electron chi connectivity index (χ4n) is 3.04. The molecule has 2 N–H and O–H groups in total. The van der Waals surface area contributed by atoms with Crippen LogP contribution in [-0.4, -0.2) is 30.2 Å². The van der Waals surface area contributed by atoms with Crippen molar-refractivity contribution in [3.8, 4) is 11.1 Å². The van der Waals surface area contributed by atoms with E-state index < -0.39 is 17.1 Å². The SMILES string of the molecule is NC(S)c1ncn(CC(=O)n2cc3cc(-c4ccccc4C(F)(F)F)cnc3c2)n1. The number of benzene rings is 1. The van der Waals surface area contributed by atoms with Crippen molar-refractivity contribution in [3.63, 3.8) is 0 Å². The topological polar surface area (TPSA) is 91.6 Å². The molecule has 1 unspecified atom stereocenters. The number of rotatable bonds is 4. The molecular weight excluding hydrogens is 417 g/mol. The summed E-state index contributed by atoms with van der Waals surface area (Å²) in [4.78, 5) is 20.7. The monoisotopic (exact) mass is 432 g/mol. The molecular formula is C19H15F3N6OS. The third-order valence-electron chi connectivity index (χ3n) is 4.44. The zero-order valence-corrected chi connectivity index (χ0v) is 16.2. The van der Waals surface area contributed by atoms with E-state index in [4.69, 9.17) is 5.73 Å². The van der Waals surface area contributed by atoms with Gasteiger partial charge in [0.05, 0.1) is 11.1 Å². The van der Waals surface area contributed by atoms with E-state index in [9.17, 15) is 18.0 Å². The molecule has 0 aliphatic heterocycles. The zero-order chi connectivity index (χ0) is 21.5. The highest BCUT2D eigenvalue weighted by Gasteiger charge is 2.33. The molecule has 3 aromatic heterocycles. The largest absolute Gasteiger partial charge is 0.417 e. The summed E-state index contributed by atoms with van der Waals surface area (Å²) in [5.74, 6) is -0.0344. The van der Waals surface area contributed by atoms with Gasteiger partial charge in [0.15, 0.2) is 5.82 Å². The lowest BCUT2D eigenvalue weighted by Gasteiger charge is -2.12. The van der Waals surface area contributed by atoms with Crippen LogP contribution in [0.5, 0.6) is 0 Å². The minimum Gasteiger partial charge on any atom is -0.313 e. The van der Waals surface area contributed by atoms with Gasteiger partial charge in [0, 0.05) is 29.5 Å². The van der Waals surface area contributed by atoms with Crippen molar-refractivity contribution in [1.82, 2.24) is 24.3 Å². The Labute approximate surface area is 173 Å². The van der Waals surface area contributed by atoms with Crippen molar-refractivity contribution in [2.75, 3.05) is 0 Å². The number of nitrogens with zero attached hydrogens (tertiary/aromatic N) is 5. The smallest absolute Gasteiger partial charge is 0.313 e. The lowest BCUT2D eigenvalue weighted by molar-refractivity contribution is -0.137. The Hall–Kier alpha value is -3.18. The van der Waals surface area contributed by atoms with Gasteiger partial charge in [-0.15, -0.1) is 0 Å². The normalized spacial score (nSPS) is 13.0. The summed E-state index contributed by atoms with van der Waals surface area (Å²) >= 11 is 4.03. The van der Waals surface area contributed by atoms with Crippen LogP contribution >= 0.6 is 12.6 Å². The highest BCUT2D eigenvalue weighted by atomic mass is 32.1. The maximum Gasteiger partial charge on any atom is 0.417 e. The van der Waals surface area contributed by atoms with E-state index in [0.717, 1.165) is 6.07 Å². The fourth-order valence-corrected chi connectivity index (χ4v) is 3.16. The molecule has 0 saturated heterocycles. The molecule has 1 aromatic carbocycles. The van der Waals surface area contributed by atoms with Crippen LogP contribution < -0.4 is 5.73 Å². The van der Waals surface area contributed by atoms with Crippen molar-refractivity contribution >= 4 is 29.4 Å². The van der Waals surface area contributed by atoms with Gasteiger partial charge in [-0.2, -0.15) is 30.9 Å². The molecule has 0 spiro atoms. The quantitative estimate of drug-likeness (QED) is 0.380. The first kappa shape index (κ1) is 20.1. The summed E-state index contributed by atoms with van der Waals surface area (Å²) in [6, 6.07) is 6.86. The van der Waals surface area contributed by atoms with Gasteiger partial charge in [-0.1, -0.05) is 18.2 Å². The average Bonchev–Trinajstić information content (AvgIpc) is 3.33. The maximum atomic E-state index is 13.3. The number of carbonyl (C=O) groups excluding carboxylic acids is 1. The number of fused-ring (bicyclic) bond motifs is 1. The first-order chi connectivity index (χ1) is 14.2. The number of carbonyl (C=O) groups is 1. The molecule has 0 bridgehead atoms. The van der Waals surface area contributed by atoms with Gasteiger partial charge in [0.1, 0.15) is 18.2 Å². The number of halogens is 3. The molecule has 3 heterocycles. The van der Waals surface area contributed by atoms with Crippen LogP contribution in [0.1, 0.15) is 21.6 Å². The van der Waals surface area contributed by atoms with Crippen molar-refractivity contribution in [3.05, 3.63) is 66.6 Å². The predicted octanol–water partition coefficient (Wildman–Crippen LogP) is 3.54. The lowest BCUT2D eigenvalue weighted by atomic mass is 10.00. The van der Waals surface area contributed by atoms with Crippen molar-refractivity contribution in [1.29, 1.82) is 0 Å². The summed E-state index contributed by atoms with van der Waals surface area (Å²) < 4.78 is 42.6. The molecule has 1 atom stereocenters. The Morgan fingerprint density at radius 3 is 2.67 bits per heavy atom. The molecule has 0 radical (unpaired) electrons. The number of alkyl halides is 3. The van der Waals surface area contributed by atoms with Crippen LogP contribution in [0.15, 0.2) is 55.2 Å². The summed E-state index contributed by atoms with van der Waals surface area (Å²) in [5, 5.41) is 3.95. The number of hydrogen-bond acceptors (Lipinski definition) is 6. The maximum absolute atomic E-state index is 13.3. The molecule has 30 heavy (non-hydrogen) atoms. The van der Waals surface area contributed by atoms with Crippen molar-refractivity contribution < 1.29 is 18.0 Å². The Morgan fingerprint density at radius 1 is 1.20 bits per heavy atom. The van der Waals surface area contributed by atoms with E-state index >= 15 is 0 Å². The van der Waals surface area contributed by atoms with Crippen LogP contribution in [-0.2, 0) is 12.7 Å². The first-order valence-corrected chi connectivity index (χ1v) is 9.24. The third-order valence-corrected chi connectivity index (χ3v) is 4.67. The standard InChI is InChI=1S/C19H15F3N6OS/c20-19(21,22)14-4-2-1-3-13(14)11-5-12-7-27(8-15(12)24-6-11)16(29)9-28-10-25-18(26-28)17(23)30/h1-8,10,17,30H,9,23H2. The van der Waals surface area contributed by atoms with Gasteiger partial charge < -0.3 is 5.73 Å². The molecule has 4 rings (SSSR count). The highest BCUT2D eigenvalue weighted by Crippen LogP contribution is 2.37. The number of nitrogens with two attached hydrogens (primary N) is 1. The molecule has 0 aliphatic rings. The molecule has 154 valence electrons. The molecule has 0 saturated carbocycles. The van der Waals surface area contributed by atoms with E-state index in [1.54, 1.807) is 6.07 Å². The highest BCUT2D eigenvalue weighted by molar-refractivity contribution is 7.80. The number of hydrogen-bond donors (Lipinski definition) is 2. The molecule has 0 aliphatic carbocycles. The van der Waals surface area contributed by atoms with E-state index in [1.807, 2.05) is 0 Å². The molecule has 4 aromatic rings. The van der Waals surface area contributed by atoms with Crippen LogP contribution in [0.25, 0.3) is 22.0 Å². The Morgan fingerprint density at radius 2 is 1.97 bits per heavy atom. The van der Waals surface area contributed by atoms with Crippen molar-refractivity contribution in [2.45, 2.75) is 18.1 Å². The van der Waals surface area contributed by atoms with Gasteiger partial charge in [-0.3, -0.25) is 14.3 Å². The van der Waals surface area contributed by atoms with Crippen LogP contribution in [0.2, 0.25) is 0 Å². The van der Waals surface area contributed by atoms with E-state index in [-0.39, 0.29) is 18.0 Å². The predicted molar refractivity (Wildman–Crippen MR) is 107 cm³/mol. The Kier molecular flexibility index (Phi) is 5.08. The number of aromatic nitrogens is 5. The Balaban J connectivity index is 1.64. The zero-order valence-electron chi connectivity index (χ0n) is 15.3. The summed E-state index contributed by atoms with van der Waals surface area (Å²) in [5.41, 5.74) is 5.65. The third kappa shape index (κ3) is 3.94. The minimum atomic E-state index is -4.49. The molecule has 0 fully saturated rings. The number of pyridine rings is 1. The van der Waals surface area contributed by atoms with Crippen LogP contribution in [0, 0.1) is 0 Å². The Bertz CT molecular complexity index is 1230.